The van der Waals surface area contributed by atoms with Crippen LogP contribution in [0.25, 0.3) is 0 Å². The first kappa shape index (κ1) is 18.6. The van der Waals surface area contributed by atoms with Gasteiger partial charge in [-0.05, 0) is 44.0 Å². The molecular formula is C15H21ClF2N2O2. The zero-order valence-corrected chi connectivity index (χ0v) is 13.2. The van der Waals surface area contributed by atoms with Crippen molar-refractivity contribution in [2.24, 2.45) is 0 Å². The van der Waals surface area contributed by atoms with E-state index in [0.29, 0.717) is 6.42 Å². The maximum atomic E-state index is 12.1. The predicted molar refractivity (Wildman–Crippen MR) is 82.5 cm³/mol. The van der Waals surface area contributed by atoms with E-state index in [0.717, 1.165) is 24.9 Å². The van der Waals surface area contributed by atoms with Crippen molar-refractivity contribution in [1.29, 1.82) is 0 Å². The van der Waals surface area contributed by atoms with E-state index in [4.69, 9.17) is 0 Å². The third-order valence-electron chi connectivity index (χ3n) is 3.58. The number of alkyl halides is 2. The molecule has 124 valence electrons. The van der Waals surface area contributed by atoms with Gasteiger partial charge in [0.2, 0.25) is 5.91 Å². The summed E-state index contributed by atoms with van der Waals surface area (Å²) in [7, 11) is 0. The molecule has 0 radical (unpaired) electrons. The summed E-state index contributed by atoms with van der Waals surface area (Å²) in [6, 6.07) is 6.40. The highest BCUT2D eigenvalue weighted by molar-refractivity contribution is 5.85. The van der Waals surface area contributed by atoms with Crippen molar-refractivity contribution in [2.75, 3.05) is 6.54 Å². The van der Waals surface area contributed by atoms with Crippen LogP contribution < -0.4 is 15.4 Å². The minimum atomic E-state index is -2.83. The zero-order valence-electron chi connectivity index (χ0n) is 12.4. The number of benzene rings is 1. The smallest absolute Gasteiger partial charge is 0.387 e. The topological polar surface area (TPSA) is 50.4 Å². The van der Waals surface area contributed by atoms with Crippen molar-refractivity contribution in [1.82, 2.24) is 10.6 Å². The molecule has 2 unspecified atom stereocenters. The molecule has 2 N–H and O–H groups in total. The van der Waals surface area contributed by atoms with Gasteiger partial charge < -0.3 is 15.4 Å². The lowest BCUT2D eigenvalue weighted by molar-refractivity contribution is -0.122. The van der Waals surface area contributed by atoms with Crippen LogP contribution in [0.4, 0.5) is 8.78 Å². The number of halogens is 3. The molecule has 7 heteroatoms. The van der Waals surface area contributed by atoms with Crippen molar-refractivity contribution in [3.8, 4) is 5.75 Å². The molecule has 1 fully saturated rings. The van der Waals surface area contributed by atoms with Crippen molar-refractivity contribution in [2.45, 2.75) is 44.9 Å². The first-order chi connectivity index (χ1) is 10.0. The molecule has 1 aliphatic heterocycles. The van der Waals surface area contributed by atoms with Crippen LogP contribution >= 0.6 is 12.4 Å². The van der Waals surface area contributed by atoms with Crippen LogP contribution in [0.15, 0.2) is 24.3 Å². The third kappa shape index (κ3) is 5.77. The van der Waals surface area contributed by atoms with Crippen molar-refractivity contribution in [3.05, 3.63) is 29.8 Å². The molecule has 1 heterocycles. The zero-order chi connectivity index (χ0) is 15.2. The third-order valence-corrected chi connectivity index (χ3v) is 3.58. The van der Waals surface area contributed by atoms with E-state index in [1.165, 1.54) is 12.1 Å². The molecule has 0 bridgehead atoms. The molecule has 1 aliphatic rings. The monoisotopic (exact) mass is 334 g/mol. The lowest BCUT2D eigenvalue weighted by Crippen LogP contribution is -2.33. The molecule has 0 spiro atoms. The van der Waals surface area contributed by atoms with E-state index in [1.54, 1.807) is 12.1 Å². The lowest BCUT2D eigenvalue weighted by Gasteiger charge is -2.17. The van der Waals surface area contributed by atoms with Gasteiger partial charge in [0, 0.05) is 12.5 Å². The maximum absolute atomic E-state index is 12.1. The Morgan fingerprint density at radius 2 is 2.09 bits per heavy atom. The van der Waals surface area contributed by atoms with E-state index >= 15 is 0 Å². The second-order valence-electron chi connectivity index (χ2n) is 5.23. The summed E-state index contributed by atoms with van der Waals surface area (Å²) in [5.41, 5.74) is 0.851. The average Bonchev–Trinajstić information content (AvgIpc) is 2.91. The number of amides is 1. The fraction of sp³-hybridized carbons (Fsp3) is 0.533. The van der Waals surface area contributed by atoms with Gasteiger partial charge in [-0.3, -0.25) is 4.79 Å². The first-order valence-electron chi connectivity index (χ1n) is 7.12. The summed E-state index contributed by atoms with van der Waals surface area (Å²) in [5, 5.41) is 6.19. The van der Waals surface area contributed by atoms with Gasteiger partial charge >= 0.3 is 6.61 Å². The van der Waals surface area contributed by atoms with Gasteiger partial charge in [0.25, 0.3) is 0 Å². The van der Waals surface area contributed by atoms with Crippen molar-refractivity contribution in [3.63, 3.8) is 0 Å². The van der Waals surface area contributed by atoms with Crippen molar-refractivity contribution < 1.29 is 18.3 Å². The highest BCUT2D eigenvalue weighted by Crippen LogP contribution is 2.19. The van der Waals surface area contributed by atoms with Crippen LogP contribution in [0, 0.1) is 0 Å². The number of hydrogen-bond donors (Lipinski definition) is 2. The van der Waals surface area contributed by atoms with Crippen LogP contribution in [0.5, 0.6) is 5.75 Å². The van der Waals surface area contributed by atoms with Gasteiger partial charge in [-0.25, -0.2) is 0 Å². The summed E-state index contributed by atoms with van der Waals surface area (Å²) in [6.45, 7) is 0.00841. The van der Waals surface area contributed by atoms with Gasteiger partial charge in [-0.15, -0.1) is 12.4 Å². The van der Waals surface area contributed by atoms with E-state index in [2.05, 4.69) is 15.4 Å². The largest absolute Gasteiger partial charge is 0.435 e. The molecule has 4 nitrogen and oxygen atoms in total. The molecule has 0 saturated carbocycles. The molecule has 1 amide bonds. The Bertz CT molecular complexity index is 465. The molecule has 2 rings (SSSR count). The highest BCUT2D eigenvalue weighted by atomic mass is 35.5. The quantitative estimate of drug-likeness (QED) is 0.840. The van der Waals surface area contributed by atoms with Crippen LogP contribution in [0.2, 0.25) is 0 Å². The summed E-state index contributed by atoms with van der Waals surface area (Å²) >= 11 is 0. The van der Waals surface area contributed by atoms with Gasteiger partial charge in [0.15, 0.2) is 0 Å². The Balaban J connectivity index is 0.00000242. The fourth-order valence-corrected chi connectivity index (χ4v) is 2.48. The fourth-order valence-electron chi connectivity index (χ4n) is 2.48. The molecule has 0 aliphatic carbocycles. The second-order valence-corrected chi connectivity index (χ2v) is 5.23. The van der Waals surface area contributed by atoms with Crippen molar-refractivity contribution >= 4 is 18.3 Å². The van der Waals surface area contributed by atoms with E-state index in [-0.39, 0.29) is 36.1 Å². The van der Waals surface area contributed by atoms with E-state index < -0.39 is 6.61 Å². The summed E-state index contributed by atoms with van der Waals surface area (Å²) in [5.74, 6) is 0.109. The molecule has 1 aromatic carbocycles. The van der Waals surface area contributed by atoms with Gasteiger partial charge in [-0.2, -0.15) is 8.78 Å². The number of ether oxygens (including phenoxy) is 1. The van der Waals surface area contributed by atoms with Crippen LogP contribution in [0.1, 0.15) is 37.8 Å². The lowest BCUT2D eigenvalue weighted by atomic mass is 10.1. The molecule has 1 aromatic rings. The SMILES string of the molecule is CC(NC(=O)CC1CCCN1)c1ccc(OC(F)F)cc1.Cl. The Morgan fingerprint density at radius 3 is 2.64 bits per heavy atom. The van der Waals surface area contributed by atoms with E-state index in [1.807, 2.05) is 6.92 Å². The molecule has 22 heavy (non-hydrogen) atoms. The minimum absolute atomic E-state index is 0. The summed E-state index contributed by atoms with van der Waals surface area (Å²) in [6.07, 6.45) is 2.61. The molecule has 2 atom stereocenters. The average molecular weight is 335 g/mol. The van der Waals surface area contributed by atoms with Crippen LogP contribution in [-0.4, -0.2) is 25.1 Å². The van der Waals surface area contributed by atoms with Crippen LogP contribution in [0.3, 0.4) is 0 Å². The van der Waals surface area contributed by atoms with Gasteiger partial charge in [0.05, 0.1) is 6.04 Å². The normalized spacial score (nSPS) is 18.6. The second kappa shape index (κ2) is 8.90. The first-order valence-corrected chi connectivity index (χ1v) is 7.12. The molecule has 1 saturated heterocycles. The number of hydrogen-bond acceptors (Lipinski definition) is 3. The standard InChI is InChI=1S/C15H20F2N2O2.ClH/c1-10(19-14(20)9-12-3-2-8-18-12)11-4-6-13(7-5-11)21-15(16)17;/h4-7,10,12,15,18H,2-3,8-9H2,1H3,(H,19,20);1H. The Morgan fingerprint density at radius 1 is 1.41 bits per heavy atom. The van der Waals surface area contributed by atoms with Gasteiger partial charge in [0.1, 0.15) is 5.75 Å². The highest BCUT2D eigenvalue weighted by Gasteiger charge is 2.19. The molecular weight excluding hydrogens is 314 g/mol. The number of carbonyl (C=O) groups is 1. The predicted octanol–water partition coefficient (Wildman–Crippen LogP) is 3.03. The summed E-state index contributed by atoms with van der Waals surface area (Å²) < 4.78 is 28.4. The summed E-state index contributed by atoms with van der Waals surface area (Å²) in [4.78, 5) is 11.9. The molecule has 0 aromatic heterocycles. The Kier molecular flexibility index (Phi) is 7.55. The van der Waals surface area contributed by atoms with Gasteiger partial charge in [-0.1, -0.05) is 12.1 Å². The maximum Gasteiger partial charge on any atom is 0.387 e. The minimum Gasteiger partial charge on any atom is -0.435 e. The Labute approximate surface area is 135 Å². The number of rotatable bonds is 6. The number of nitrogens with one attached hydrogen (secondary N) is 2. The Hall–Kier alpha value is -1.40. The van der Waals surface area contributed by atoms with Crippen LogP contribution in [-0.2, 0) is 4.79 Å². The van der Waals surface area contributed by atoms with E-state index in [9.17, 15) is 13.6 Å². The number of carbonyl (C=O) groups excluding carboxylic acids is 1.